The maximum absolute atomic E-state index is 12.0. The number of aromatic nitrogens is 4. The summed E-state index contributed by atoms with van der Waals surface area (Å²) in [5.74, 6) is 1.40. The Bertz CT molecular complexity index is 1190. The minimum absolute atomic E-state index is 0.368. The summed E-state index contributed by atoms with van der Waals surface area (Å²) in [5.41, 5.74) is 3.87. The fraction of sp³-hybridized carbons (Fsp3) is 0.250. The molecule has 1 saturated carbocycles. The molecule has 4 aromatic rings. The summed E-state index contributed by atoms with van der Waals surface area (Å²) in [6, 6.07) is 10.0. The molecule has 7 nitrogen and oxygen atoms in total. The van der Waals surface area contributed by atoms with E-state index in [2.05, 4.69) is 9.72 Å². The Morgan fingerprint density at radius 1 is 1.15 bits per heavy atom. The first-order chi connectivity index (χ1) is 13.2. The molecular weight excluding hydrogens is 342 g/mol. The standard InChI is InChI=1S/C20H19N5O2/c1-12-21-17(15-5-3-4-10-24(12)15)18-19(22-14-7-8-14)25-11-13(20(26)27-2)6-9-16(25)23-18/h3-6,9-11,14,22H,7-8H2,1-2H3. The van der Waals surface area contributed by atoms with Gasteiger partial charge in [0.2, 0.25) is 0 Å². The molecule has 1 aliphatic carbocycles. The monoisotopic (exact) mass is 361 g/mol. The van der Waals surface area contributed by atoms with Crippen LogP contribution in [0.15, 0.2) is 42.7 Å². The first-order valence-electron chi connectivity index (χ1n) is 8.96. The van der Waals surface area contributed by atoms with Gasteiger partial charge in [-0.1, -0.05) is 6.07 Å². The van der Waals surface area contributed by atoms with Crippen LogP contribution in [-0.4, -0.2) is 37.9 Å². The van der Waals surface area contributed by atoms with E-state index >= 15 is 0 Å². The van der Waals surface area contributed by atoms with Crippen LogP contribution >= 0.6 is 0 Å². The summed E-state index contributed by atoms with van der Waals surface area (Å²) < 4.78 is 8.84. The van der Waals surface area contributed by atoms with Gasteiger partial charge in [0, 0.05) is 18.4 Å². The van der Waals surface area contributed by atoms with Crippen molar-refractivity contribution in [2.45, 2.75) is 25.8 Å². The number of nitrogens with zero attached hydrogens (tertiary/aromatic N) is 4. The van der Waals surface area contributed by atoms with E-state index < -0.39 is 0 Å². The summed E-state index contributed by atoms with van der Waals surface area (Å²) in [6.45, 7) is 1.98. The molecule has 0 spiro atoms. The lowest BCUT2D eigenvalue weighted by molar-refractivity contribution is 0.0600. The smallest absolute Gasteiger partial charge is 0.339 e. The Labute approximate surface area is 155 Å². The molecule has 0 bridgehead atoms. The van der Waals surface area contributed by atoms with Crippen LogP contribution in [0.1, 0.15) is 29.0 Å². The number of nitrogens with one attached hydrogen (secondary N) is 1. The molecule has 0 atom stereocenters. The lowest BCUT2D eigenvalue weighted by Crippen LogP contribution is -2.07. The van der Waals surface area contributed by atoms with Crippen molar-refractivity contribution >= 4 is 23.0 Å². The number of anilines is 1. The maximum atomic E-state index is 12.0. The van der Waals surface area contributed by atoms with E-state index in [-0.39, 0.29) is 5.97 Å². The second-order valence-electron chi connectivity index (χ2n) is 6.83. The molecule has 4 heterocycles. The number of ether oxygens (including phenoxy) is 1. The minimum Gasteiger partial charge on any atom is -0.465 e. The zero-order chi connectivity index (χ0) is 18.5. The highest BCUT2D eigenvalue weighted by molar-refractivity contribution is 5.90. The van der Waals surface area contributed by atoms with Gasteiger partial charge in [-0.25, -0.2) is 14.8 Å². The first kappa shape index (κ1) is 15.9. The average Bonchev–Trinajstić information content (AvgIpc) is 3.37. The summed E-state index contributed by atoms with van der Waals surface area (Å²) in [5, 5.41) is 3.56. The third-order valence-electron chi connectivity index (χ3n) is 4.91. The van der Waals surface area contributed by atoms with Crippen molar-refractivity contribution in [2.24, 2.45) is 0 Å². The number of rotatable bonds is 4. The van der Waals surface area contributed by atoms with Gasteiger partial charge in [0.15, 0.2) is 0 Å². The minimum atomic E-state index is -0.368. The van der Waals surface area contributed by atoms with Crippen molar-refractivity contribution in [2.75, 3.05) is 12.4 Å². The quantitative estimate of drug-likeness (QED) is 0.565. The van der Waals surface area contributed by atoms with Gasteiger partial charge in [0.25, 0.3) is 0 Å². The number of esters is 1. The summed E-state index contributed by atoms with van der Waals surface area (Å²) in [4.78, 5) is 21.6. The normalized spacial score (nSPS) is 14.0. The van der Waals surface area contributed by atoms with Gasteiger partial charge in [-0.2, -0.15) is 0 Å². The van der Waals surface area contributed by atoms with Crippen molar-refractivity contribution < 1.29 is 9.53 Å². The number of hydrogen-bond donors (Lipinski definition) is 1. The number of aryl methyl sites for hydroxylation is 1. The number of hydrogen-bond acceptors (Lipinski definition) is 5. The lowest BCUT2D eigenvalue weighted by atomic mass is 10.2. The first-order valence-corrected chi connectivity index (χ1v) is 8.96. The molecule has 0 radical (unpaired) electrons. The van der Waals surface area contributed by atoms with Gasteiger partial charge < -0.3 is 14.5 Å². The van der Waals surface area contributed by atoms with Gasteiger partial charge in [-0.15, -0.1) is 0 Å². The van der Waals surface area contributed by atoms with Crippen molar-refractivity contribution in [3.05, 3.63) is 54.1 Å². The van der Waals surface area contributed by atoms with E-state index in [9.17, 15) is 4.79 Å². The molecule has 0 unspecified atom stereocenters. The zero-order valence-corrected chi connectivity index (χ0v) is 15.1. The van der Waals surface area contributed by atoms with E-state index in [0.717, 1.165) is 47.0 Å². The third-order valence-corrected chi connectivity index (χ3v) is 4.91. The summed E-state index contributed by atoms with van der Waals surface area (Å²) >= 11 is 0. The topological polar surface area (TPSA) is 72.9 Å². The number of carbonyl (C=O) groups is 1. The SMILES string of the molecule is COC(=O)c1ccc2nc(-c3nc(C)n4ccccc34)c(NC3CC3)n2c1. The third kappa shape index (κ3) is 2.54. The molecule has 1 aliphatic rings. The Hall–Kier alpha value is -3.35. The second-order valence-corrected chi connectivity index (χ2v) is 6.83. The van der Waals surface area contributed by atoms with Crippen LogP contribution in [0.5, 0.6) is 0 Å². The van der Waals surface area contributed by atoms with Gasteiger partial charge in [-0.05, 0) is 44.0 Å². The Morgan fingerprint density at radius 2 is 2.00 bits per heavy atom. The number of fused-ring (bicyclic) bond motifs is 2. The Kier molecular flexibility index (Phi) is 3.43. The number of carbonyl (C=O) groups excluding carboxylic acids is 1. The van der Waals surface area contributed by atoms with Gasteiger partial charge in [-0.3, -0.25) is 4.40 Å². The number of methoxy groups -OCH3 is 1. The van der Waals surface area contributed by atoms with Crippen LogP contribution in [0, 0.1) is 6.92 Å². The van der Waals surface area contributed by atoms with Crippen LogP contribution in [0.4, 0.5) is 5.82 Å². The molecular formula is C20H19N5O2. The fourth-order valence-corrected chi connectivity index (χ4v) is 3.37. The van der Waals surface area contributed by atoms with Crippen molar-refractivity contribution in [3.63, 3.8) is 0 Å². The molecule has 0 aliphatic heterocycles. The van der Waals surface area contributed by atoms with Crippen LogP contribution in [-0.2, 0) is 4.74 Å². The highest BCUT2D eigenvalue weighted by atomic mass is 16.5. The predicted octanol–water partition coefficient (Wildman–Crippen LogP) is 3.32. The molecule has 7 heteroatoms. The molecule has 0 amide bonds. The van der Waals surface area contributed by atoms with Crippen LogP contribution in [0.25, 0.3) is 22.6 Å². The largest absolute Gasteiger partial charge is 0.465 e. The molecule has 0 saturated heterocycles. The highest BCUT2D eigenvalue weighted by Gasteiger charge is 2.27. The second kappa shape index (κ2) is 5.84. The summed E-state index contributed by atoms with van der Waals surface area (Å²) in [6.07, 6.45) is 6.03. The van der Waals surface area contributed by atoms with Crippen molar-refractivity contribution in [1.82, 2.24) is 18.8 Å². The van der Waals surface area contributed by atoms with Crippen LogP contribution < -0.4 is 5.32 Å². The van der Waals surface area contributed by atoms with Gasteiger partial charge in [0.05, 0.1) is 18.2 Å². The van der Waals surface area contributed by atoms with Crippen LogP contribution in [0.2, 0.25) is 0 Å². The number of pyridine rings is 2. The van der Waals surface area contributed by atoms with Crippen molar-refractivity contribution in [1.29, 1.82) is 0 Å². The molecule has 1 fully saturated rings. The van der Waals surface area contributed by atoms with Gasteiger partial charge in [0.1, 0.15) is 28.7 Å². The molecule has 1 N–H and O–H groups in total. The number of imidazole rings is 2. The van der Waals surface area contributed by atoms with E-state index in [4.69, 9.17) is 14.7 Å². The molecule has 0 aromatic carbocycles. The highest BCUT2D eigenvalue weighted by Crippen LogP contribution is 2.35. The van der Waals surface area contributed by atoms with E-state index in [1.54, 1.807) is 12.3 Å². The molecule has 136 valence electrons. The van der Waals surface area contributed by atoms with E-state index in [1.807, 2.05) is 41.8 Å². The maximum Gasteiger partial charge on any atom is 0.339 e. The fourth-order valence-electron chi connectivity index (χ4n) is 3.37. The molecule has 27 heavy (non-hydrogen) atoms. The van der Waals surface area contributed by atoms with E-state index in [0.29, 0.717) is 11.6 Å². The van der Waals surface area contributed by atoms with Gasteiger partial charge >= 0.3 is 5.97 Å². The Morgan fingerprint density at radius 3 is 2.78 bits per heavy atom. The lowest BCUT2D eigenvalue weighted by Gasteiger charge is -2.07. The van der Waals surface area contributed by atoms with Crippen molar-refractivity contribution in [3.8, 4) is 11.4 Å². The molecule has 4 aromatic heterocycles. The van der Waals surface area contributed by atoms with E-state index in [1.165, 1.54) is 7.11 Å². The average molecular weight is 361 g/mol. The Balaban J connectivity index is 1.76. The predicted molar refractivity (Wildman–Crippen MR) is 102 cm³/mol. The summed E-state index contributed by atoms with van der Waals surface area (Å²) in [7, 11) is 1.38. The zero-order valence-electron chi connectivity index (χ0n) is 15.1. The van der Waals surface area contributed by atoms with Crippen LogP contribution in [0.3, 0.4) is 0 Å². The molecule has 5 rings (SSSR count).